The maximum atomic E-state index is 11.5. The summed E-state index contributed by atoms with van der Waals surface area (Å²) in [6.45, 7) is 6.26. The smallest absolute Gasteiger partial charge is 0.246 e. The average Bonchev–Trinajstić information content (AvgIpc) is 2.28. The van der Waals surface area contributed by atoms with Crippen molar-refractivity contribution >= 4 is 5.91 Å². The second-order valence-corrected chi connectivity index (χ2v) is 3.95. The molecule has 3 nitrogen and oxygen atoms in total. The summed E-state index contributed by atoms with van der Waals surface area (Å²) in [7, 11) is 0. The average molecular weight is 183 g/mol. The summed E-state index contributed by atoms with van der Waals surface area (Å²) in [5, 5.41) is 9.63. The third-order valence-corrected chi connectivity index (χ3v) is 2.71. The largest absolute Gasteiger partial charge is 0.391 e. The van der Waals surface area contributed by atoms with Crippen LogP contribution in [0.3, 0.4) is 0 Å². The van der Waals surface area contributed by atoms with Gasteiger partial charge in [0.05, 0.1) is 11.6 Å². The SMILES string of the molecule is C/C=C/C(=O)N1CCC(O)C1(C)C. The van der Waals surface area contributed by atoms with Crippen molar-refractivity contribution in [3.63, 3.8) is 0 Å². The third-order valence-electron chi connectivity index (χ3n) is 2.71. The van der Waals surface area contributed by atoms with Crippen molar-refractivity contribution < 1.29 is 9.90 Å². The number of hydrogen-bond donors (Lipinski definition) is 1. The molecule has 0 radical (unpaired) electrons. The number of aliphatic hydroxyl groups excluding tert-OH is 1. The van der Waals surface area contributed by atoms with Crippen molar-refractivity contribution in [2.45, 2.75) is 38.8 Å². The lowest BCUT2D eigenvalue weighted by atomic mass is 9.99. The first kappa shape index (κ1) is 10.3. The molecule has 0 aliphatic carbocycles. The molecule has 1 N–H and O–H groups in total. The van der Waals surface area contributed by atoms with Gasteiger partial charge in [0, 0.05) is 6.54 Å². The Hall–Kier alpha value is -0.830. The fourth-order valence-corrected chi connectivity index (χ4v) is 1.70. The summed E-state index contributed by atoms with van der Waals surface area (Å²) in [4.78, 5) is 13.3. The predicted molar refractivity (Wildman–Crippen MR) is 51.2 cm³/mol. The van der Waals surface area contributed by atoms with E-state index < -0.39 is 11.6 Å². The van der Waals surface area contributed by atoms with Crippen LogP contribution in [-0.2, 0) is 4.79 Å². The highest BCUT2D eigenvalue weighted by Crippen LogP contribution is 2.28. The van der Waals surface area contributed by atoms with Gasteiger partial charge in [-0.15, -0.1) is 0 Å². The molecule has 1 fully saturated rings. The van der Waals surface area contributed by atoms with E-state index in [0.717, 1.165) is 0 Å². The van der Waals surface area contributed by atoms with Gasteiger partial charge in [0.15, 0.2) is 0 Å². The van der Waals surface area contributed by atoms with Crippen LogP contribution in [0.1, 0.15) is 27.2 Å². The van der Waals surface area contributed by atoms with E-state index in [0.29, 0.717) is 13.0 Å². The summed E-state index contributed by atoms with van der Waals surface area (Å²) in [5.41, 5.74) is -0.420. The second-order valence-electron chi connectivity index (χ2n) is 3.95. The summed E-state index contributed by atoms with van der Waals surface area (Å²) < 4.78 is 0. The fraction of sp³-hybridized carbons (Fsp3) is 0.700. The van der Waals surface area contributed by atoms with Crippen LogP contribution < -0.4 is 0 Å². The summed E-state index contributed by atoms with van der Waals surface area (Å²) in [6, 6.07) is 0. The zero-order chi connectivity index (χ0) is 10.1. The van der Waals surface area contributed by atoms with Gasteiger partial charge in [-0.1, -0.05) is 6.08 Å². The lowest BCUT2D eigenvalue weighted by Gasteiger charge is -2.32. The summed E-state index contributed by atoms with van der Waals surface area (Å²) in [6.07, 6.45) is 3.54. The zero-order valence-corrected chi connectivity index (χ0v) is 8.45. The van der Waals surface area contributed by atoms with E-state index in [1.807, 2.05) is 20.8 Å². The Kier molecular flexibility index (Phi) is 2.76. The Morgan fingerprint density at radius 3 is 2.62 bits per heavy atom. The summed E-state index contributed by atoms with van der Waals surface area (Å²) in [5.74, 6) is -0.0101. The van der Waals surface area contributed by atoms with E-state index in [9.17, 15) is 9.90 Å². The van der Waals surface area contributed by atoms with Gasteiger partial charge in [-0.25, -0.2) is 0 Å². The van der Waals surface area contributed by atoms with Gasteiger partial charge in [-0.3, -0.25) is 4.79 Å². The number of amides is 1. The molecule has 13 heavy (non-hydrogen) atoms. The molecule has 0 spiro atoms. The molecule has 1 heterocycles. The first-order valence-electron chi connectivity index (χ1n) is 4.62. The number of nitrogens with zero attached hydrogens (tertiary/aromatic N) is 1. The van der Waals surface area contributed by atoms with Gasteiger partial charge >= 0.3 is 0 Å². The molecule has 0 aromatic carbocycles. The Morgan fingerprint density at radius 2 is 2.23 bits per heavy atom. The van der Waals surface area contributed by atoms with Crippen LogP contribution in [0.4, 0.5) is 0 Å². The van der Waals surface area contributed by atoms with Crippen LogP contribution >= 0.6 is 0 Å². The number of allylic oxidation sites excluding steroid dienone is 1. The molecule has 0 saturated carbocycles. The molecule has 74 valence electrons. The lowest BCUT2D eigenvalue weighted by molar-refractivity contribution is -0.130. The maximum Gasteiger partial charge on any atom is 0.246 e. The number of likely N-dealkylation sites (tertiary alicyclic amines) is 1. The van der Waals surface area contributed by atoms with Crippen molar-refractivity contribution in [3.05, 3.63) is 12.2 Å². The second kappa shape index (κ2) is 3.50. The Bertz CT molecular complexity index is 233. The third kappa shape index (κ3) is 1.75. The van der Waals surface area contributed by atoms with Crippen LogP contribution in [0.5, 0.6) is 0 Å². The van der Waals surface area contributed by atoms with E-state index in [1.165, 1.54) is 0 Å². The molecule has 1 saturated heterocycles. The number of carbonyl (C=O) groups excluding carboxylic acids is 1. The van der Waals surface area contributed by atoms with Crippen LogP contribution in [0, 0.1) is 0 Å². The number of aliphatic hydroxyl groups is 1. The molecule has 0 bridgehead atoms. The molecular formula is C10H17NO2. The zero-order valence-electron chi connectivity index (χ0n) is 8.45. The molecule has 1 aliphatic rings. The van der Waals surface area contributed by atoms with Crippen LogP contribution in [0.15, 0.2) is 12.2 Å². The van der Waals surface area contributed by atoms with E-state index in [2.05, 4.69) is 0 Å². The molecule has 3 heteroatoms. The highest BCUT2D eigenvalue weighted by molar-refractivity contribution is 5.88. The van der Waals surface area contributed by atoms with E-state index in [1.54, 1.807) is 17.1 Å². The minimum atomic E-state index is -0.420. The van der Waals surface area contributed by atoms with Crippen molar-refractivity contribution in [1.82, 2.24) is 4.90 Å². The van der Waals surface area contributed by atoms with Gasteiger partial charge in [0.2, 0.25) is 5.91 Å². The highest BCUT2D eigenvalue weighted by Gasteiger charge is 2.41. The standard InChI is InChI=1S/C10H17NO2/c1-4-5-9(13)11-7-6-8(12)10(11,2)3/h4-5,8,12H,6-7H2,1-3H3/b5-4+. The molecule has 1 amide bonds. The molecule has 1 unspecified atom stereocenters. The molecule has 0 aromatic heterocycles. The van der Waals surface area contributed by atoms with Crippen molar-refractivity contribution in [2.24, 2.45) is 0 Å². The van der Waals surface area contributed by atoms with Gasteiger partial charge in [-0.05, 0) is 33.3 Å². The summed E-state index contributed by atoms with van der Waals surface area (Å²) >= 11 is 0. The van der Waals surface area contributed by atoms with Gasteiger partial charge < -0.3 is 10.0 Å². The molecule has 0 aromatic rings. The molecular weight excluding hydrogens is 166 g/mol. The van der Waals surface area contributed by atoms with Gasteiger partial charge in [0.1, 0.15) is 0 Å². The number of rotatable bonds is 1. The van der Waals surface area contributed by atoms with Crippen molar-refractivity contribution in [3.8, 4) is 0 Å². The van der Waals surface area contributed by atoms with E-state index in [4.69, 9.17) is 0 Å². The Morgan fingerprint density at radius 1 is 1.62 bits per heavy atom. The normalized spacial score (nSPS) is 27.1. The van der Waals surface area contributed by atoms with Crippen molar-refractivity contribution in [1.29, 1.82) is 0 Å². The molecule has 1 aliphatic heterocycles. The first-order chi connectivity index (χ1) is 6.00. The predicted octanol–water partition coefficient (Wildman–Crippen LogP) is 0.934. The van der Waals surface area contributed by atoms with Crippen LogP contribution in [-0.4, -0.2) is 34.1 Å². The van der Waals surface area contributed by atoms with E-state index >= 15 is 0 Å². The maximum absolute atomic E-state index is 11.5. The quantitative estimate of drug-likeness (QED) is 0.614. The number of carbonyl (C=O) groups is 1. The molecule has 1 atom stereocenters. The lowest BCUT2D eigenvalue weighted by Crippen LogP contribution is -2.47. The monoisotopic (exact) mass is 183 g/mol. The van der Waals surface area contributed by atoms with Crippen molar-refractivity contribution in [2.75, 3.05) is 6.54 Å². The number of hydrogen-bond acceptors (Lipinski definition) is 2. The molecule has 1 rings (SSSR count). The van der Waals surface area contributed by atoms with E-state index in [-0.39, 0.29) is 5.91 Å². The minimum Gasteiger partial charge on any atom is -0.391 e. The highest BCUT2D eigenvalue weighted by atomic mass is 16.3. The fourth-order valence-electron chi connectivity index (χ4n) is 1.70. The van der Waals surface area contributed by atoms with Gasteiger partial charge in [-0.2, -0.15) is 0 Å². The first-order valence-corrected chi connectivity index (χ1v) is 4.62. The van der Waals surface area contributed by atoms with Crippen LogP contribution in [0.2, 0.25) is 0 Å². The Balaban J connectivity index is 2.77. The van der Waals surface area contributed by atoms with Crippen LogP contribution in [0.25, 0.3) is 0 Å². The Labute approximate surface area is 79.0 Å². The topological polar surface area (TPSA) is 40.5 Å². The minimum absolute atomic E-state index is 0.0101. The van der Waals surface area contributed by atoms with Gasteiger partial charge in [0.25, 0.3) is 0 Å².